The Hall–Kier alpha value is -0.610. The summed E-state index contributed by atoms with van der Waals surface area (Å²) in [5, 5.41) is 19.7. The fourth-order valence-corrected chi connectivity index (χ4v) is 3.66. The number of hydrogen-bond acceptors (Lipinski definition) is 3. The first-order valence-corrected chi connectivity index (χ1v) is 5.79. The molecular weight excluding hydrogens is 194 g/mol. The number of aliphatic hydroxyl groups is 2. The minimum atomic E-state index is -0.532. The smallest absolute Gasteiger partial charge is 0.223 e. The van der Waals surface area contributed by atoms with Crippen molar-refractivity contribution in [1.82, 2.24) is 4.90 Å². The van der Waals surface area contributed by atoms with E-state index in [-0.39, 0.29) is 23.5 Å². The first kappa shape index (κ1) is 9.60. The molecule has 3 rings (SSSR count). The van der Waals surface area contributed by atoms with Crippen LogP contribution in [0.15, 0.2) is 0 Å². The van der Waals surface area contributed by atoms with Gasteiger partial charge in [0.25, 0.3) is 0 Å². The molecule has 2 N–H and O–H groups in total. The van der Waals surface area contributed by atoms with Crippen LogP contribution in [-0.4, -0.2) is 45.3 Å². The largest absolute Gasteiger partial charge is 0.393 e. The van der Waals surface area contributed by atoms with Crippen molar-refractivity contribution in [2.24, 2.45) is 5.92 Å². The number of hydrogen-bond donors (Lipinski definition) is 2. The van der Waals surface area contributed by atoms with Crippen molar-refractivity contribution in [3.63, 3.8) is 0 Å². The van der Waals surface area contributed by atoms with Crippen LogP contribution in [0.3, 0.4) is 0 Å². The van der Waals surface area contributed by atoms with Crippen molar-refractivity contribution >= 4 is 5.91 Å². The van der Waals surface area contributed by atoms with Gasteiger partial charge in [0.2, 0.25) is 5.91 Å². The number of β-amino-alcohol motifs (C(OH)–C–C–N with tert-alkyl or cyclic N) is 1. The van der Waals surface area contributed by atoms with Crippen LogP contribution in [0.2, 0.25) is 0 Å². The van der Waals surface area contributed by atoms with Gasteiger partial charge in [-0.2, -0.15) is 0 Å². The van der Waals surface area contributed by atoms with Gasteiger partial charge in [0.05, 0.1) is 12.2 Å². The van der Waals surface area contributed by atoms with Crippen LogP contribution in [0.1, 0.15) is 32.1 Å². The number of rotatable bonds is 0. The SMILES string of the molecule is O=C1CC[C@]23CC[C@H](O)[C@H](C2)[C@@H](O)CN13. The third kappa shape index (κ3) is 1.18. The average molecular weight is 211 g/mol. The summed E-state index contributed by atoms with van der Waals surface area (Å²) in [4.78, 5) is 13.6. The van der Waals surface area contributed by atoms with Gasteiger partial charge in [-0.3, -0.25) is 4.79 Å². The van der Waals surface area contributed by atoms with Crippen molar-refractivity contribution in [3.8, 4) is 0 Å². The summed E-state index contributed by atoms with van der Waals surface area (Å²) in [6, 6.07) is 0. The van der Waals surface area contributed by atoms with E-state index in [0.717, 1.165) is 25.7 Å². The Morgan fingerprint density at radius 2 is 2.07 bits per heavy atom. The molecule has 0 aromatic heterocycles. The predicted octanol–water partition coefficient (Wildman–Crippen LogP) is -0.117. The van der Waals surface area contributed by atoms with Crippen molar-refractivity contribution in [1.29, 1.82) is 0 Å². The second-order valence-corrected chi connectivity index (χ2v) is 5.27. The predicted molar refractivity (Wildman–Crippen MR) is 53.0 cm³/mol. The van der Waals surface area contributed by atoms with Crippen molar-refractivity contribution in [2.75, 3.05) is 6.54 Å². The second-order valence-electron chi connectivity index (χ2n) is 5.27. The summed E-state index contributed by atoms with van der Waals surface area (Å²) in [6.45, 7) is 0.431. The first-order valence-electron chi connectivity index (χ1n) is 5.79. The molecule has 15 heavy (non-hydrogen) atoms. The summed E-state index contributed by atoms with van der Waals surface area (Å²) in [6.07, 6.45) is 3.06. The highest BCUT2D eigenvalue weighted by atomic mass is 16.3. The summed E-state index contributed by atoms with van der Waals surface area (Å²) in [5.41, 5.74) is -0.0137. The first-order chi connectivity index (χ1) is 7.12. The van der Waals surface area contributed by atoms with E-state index in [2.05, 4.69) is 0 Å². The molecule has 84 valence electrons. The Morgan fingerprint density at radius 1 is 1.27 bits per heavy atom. The summed E-state index contributed by atoms with van der Waals surface area (Å²) >= 11 is 0. The number of nitrogens with zero attached hydrogens (tertiary/aromatic N) is 1. The zero-order valence-electron chi connectivity index (χ0n) is 8.72. The maximum absolute atomic E-state index is 11.7. The molecule has 3 aliphatic rings. The molecule has 2 aliphatic heterocycles. The van der Waals surface area contributed by atoms with E-state index in [1.54, 1.807) is 0 Å². The van der Waals surface area contributed by atoms with E-state index in [9.17, 15) is 15.0 Å². The van der Waals surface area contributed by atoms with Gasteiger partial charge in [0.1, 0.15) is 0 Å². The van der Waals surface area contributed by atoms with E-state index >= 15 is 0 Å². The molecule has 1 spiro atoms. The molecule has 0 unspecified atom stereocenters. The minimum absolute atomic E-state index is 0.0131. The maximum atomic E-state index is 11.7. The fourth-order valence-electron chi connectivity index (χ4n) is 3.66. The lowest BCUT2D eigenvalue weighted by molar-refractivity contribution is -0.151. The molecule has 0 aromatic carbocycles. The normalized spacial score (nSPS) is 49.3. The topological polar surface area (TPSA) is 60.8 Å². The minimum Gasteiger partial charge on any atom is -0.393 e. The van der Waals surface area contributed by atoms with Gasteiger partial charge in [0, 0.05) is 24.4 Å². The molecule has 1 aliphatic carbocycles. The van der Waals surface area contributed by atoms with Gasteiger partial charge in [0.15, 0.2) is 0 Å². The molecule has 2 heterocycles. The summed E-state index contributed by atoms with van der Waals surface area (Å²) < 4.78 is 0. The van der Waals surface area contributed by atoms with Crippen LogP contribution in [0.25, 0.3) is 0 Å². The number of fused-ring (bicyclic) bond motifs is 1. The molecule has 4 nitrogen and oxygen atoms in total. The van der Waals surface area contributed by atoms with E-state index in [4.69, 9.17) is 0 Å². The molecule has 4 heteroatoms. The summed E-state index contributed by atoms with van der Waals surface area (Å²) in [5.74, 6) is 0.171. The number of carbonyl (C=O) groups is 1. The monoisotopic (exact) mass is 211 g/mol. The zero-order valence-corrected chi connectivity index (χ0v) is 8.72. The maximum Gasteiger partial charge on any atom is 0.223 e. The Kier molecular flexibility index (Phi) is 1.89. The lowest BCUT2D eigenvalue weighted by Gasteiger charge is -2.52. The molecule has 1 amide bonds. The molecule has 2 saturated heterocycles. The quantitative estimate of drug-likeness (QED) is 0.587. The molecule has 0 radical (unpaired) electrons. The average Bonchev–Trinajstić information content (AvgIpc) is 2.52. The number of piperidine rings is 1. The summed E-state index contributed by atoms with van der Waals surface area (Å²) in [7, 11) is 0. The van der Waals surface area contributed by atoms with Gasteiger partial charge < -0.3 is 15.1 Å². The Labute approximate surface area is 88.9 Å². The van der Waals surface area contributed by atoms with Crippen LogP contribution in [-0.2, 0) is 4.79 Å². The van der Waals surface area contributed by atoms with E-state index in [0.29, 0.717) is 13.0 Å². The Morgan fingerprint density at radius 3 is 2.87 bits per heavy atom. The van der Waals surface area contributed by atoms with Gasteiger partial charge >= 0.3 is 0 Å². The van der Waals surface area contributed by atoms with Crippen LogP contribution in [0.5, 0.6) is 0 Å². The van der Waals surface area contributed by atoms with Gasteiger partial charge in [-0.25, -0.2) is 0 Å². The van der Waals surface area contributed by atoms with Crippen LogP contribution in [0, 0.1) is 5.92 Å². The Bertz CT molecular complexity index is 306. The lowest BCUT2D eigenvalue weighted by atomic mass is 9.68. The third-order valence-electron chi connectivity index (χ3n) is 4.56. The molecule has 4 atom stereocenters. The van der Waals surface area contributed by atoms with Crippen molar-refractivity contribution in [2.45, 2.75) is 49.9 Å². The zero-order chi connectivity index (χ0) is 10.6. The van der Waals surface area contributed by atoms with Crippen LogP contribution < -0.4 is 0 Å². The third-order valence-corrected chi connectivity index (χ3v) is 4.56. The van der Waals surface area contributed by atoms with Crippen LogP contribution >= 0.6 is 0 Å². The van der Waals surface area contributed by atoms with Crippen LogP contribution in [0.4, 0.5) is 0 Å². The van der Waals surface area contributed by atoms with Gasteiger partial charge in [-0.1, -0.05) is 0 Å². The molecular formula is C11H17NO3. The van der Waals surface area contributed by atoms with Gasteiger partial charge in [-0.15, -0.1) is 0 Å². The van der Waals surface area contributed by atoms with E-state index in [1.165, 1.54) is 0 Å². The number of aliphatic hydroxyl groups excluding tert-OH is 2. The highest BCUT2D eigenvalue weighted by molar-refractivity contribution is 5.80. The van der Waals surface area contributed by atoms with Crippen molar-refractivity contribution in [3.05, 3.63) is 0 Å². The highest BCUT2D eigenvalue weighted by Gasteiger charge is 2.55. The fraction of sp³-hybridized carbons (Fsp3) is 0.909. The molecule has 3 fully saturated rings. The highest BCUT2D eigenvalue weighted by Crippen LogP contribution is 2.48. The van der Waals surface area contributed by atoms with E-state index < -0.39 is 6.10 Å². The molecule has 2 bridgehead atoms. The molecule has 0 aromatic rings. The number of amides is 1. The standard InChI is InChI=1S/C11H17NO3/c13-8-1-3-11-4-2-10(15)12(11)6-9(14)7(8)5-11/h7-9,13-14H,1-6H2/t7-,8-,9-,11+/m0/s1. The van der Waals surface area contributed by atoms with Gasteiger partial charge in [-0.05, 0) is 25.7 Å². The number of carbonyl (C=O) groups excluding carboxylic acids is 1. The molecule has 1 saturated carbocycles. The van der Waals surface area contributed by atoms with Crippen molar-refractivity contribution < 1.29 is 15.0 Å². The lowest BCUT2D eigenvalue weighted by Crippen LogP contribution is -2.61. The van der Waals surface area contributed by atoms with E-state index in [1.807, 2.05) is 4.90 Å². The second kappa shape index (κ2) is 2.95. The Balaban J connectivity index is 1.93.